The van der Waals surface area contributed by atoms with Crippen molar-refractivity contribution in [2.75, 3.05) is 13.1 Å². The summed E-state index contributed by atoms with van der Waals surface area (Å²) >= 11 is 1.74. The third kappa shape index (κ3) is 4.33. The van der Waals surface area contributed by atoms with E-state index in [1.54, 1.807) is 11.3 Å². The molecule has 144 valence electrons. The van der Waals surface area contributed by atoms with Gasteiger partial charge in [0.25, 0.3) is 0 Å². The molecular formula is C24H27N3S. The molecule has 0 aliphatic carbocycles. The Hall–Kier alpha value is -2.46. The lowest BCUT2D eigenvalue weighted by atomic mass is 10.0. The maximum atomic E-state index is 4.87. The maximum Gasteiger partial charge on any atom is 0.0976 e. The second-order valence-corrected chi connectivity index (χ2v) is 8.66. The highest BCUT2D eigenvalue weighted by molar-refractivity contribution is 7.10. The fourth-order valence-corrected chi connectivity index (χ4v) is 4.43. The number of aromatic nitrogens is 1. The summed E-state index contributed by atoms with van der Waals surface area (Å²) in [5.74, 6) is 0. The van der Waals surface area contributed by atoms with Crippen molar-refractivity contribution in [1.82, 2.24) is 9.88 Å². The van der Waals surface area contributed by atoms with Gasteiger partial charge in [-0.2, -0.15) is 0 Å². The molecular weight excluding hydrogens is 362 g/mol. The van der Waals surface area contributed by atoms with E-state index in [4.69, 9.17) is 9.98 Å². The number of hydrogen-bond donors (Lipinski definition) is 0. The lowest BCUT2D eigenvalue weighted by molar-refractivity contribution is 0.536. The van der Waals surface area contributed by atoms with Gasteiger partial charge in [0.2, 0.25) is 0 Å². The average Bonchev–Trinajstić information content (AvgIpc) is 3.36. The molecule has 0 spiro atoms. The zero-order chi connectivity index (χ0) is 19.5. The van der Waals surface area contributed by atoms with E-state index in [0.29, 0.717) is 0 Å². The molecule has 2 aromatic carbocycles. The highest BCUT2D eigenvalue weighted by atomic mass is 32.1. The standard InChI is InChI=1S/C24H27N3S/c1-17-6-8-20(9-7-17)23-15-28-24(26-23)14-21-12-19(3)22(13-18(21)2)25-16-27-10-4-5-11-27/h6-9,12-13,15-16H,4-5,10-11,14H2,1-3H3/b25-16+. The van der Waals surface area contributed by atoms with Crippen LogP contribution in [0.4, 0.5) is 5.69 Å². The van der Waals surface area contributed by atoms with Crippen molar-refractivity contribution >= 4 is 23.4 Å². The van der Waals surface area contributed by atoms with Crippen molar-refractivity contribution in [3.63, 3.8) is 0 Å². The molecule has 0 saturated carbocycles. The molecule has 0 amide bonds. The fraction of sp³-hybridized carbons (Fsp3) is 0.333. The maximum absolute atomic E-state index is 4.87. The molecule has 1 saturated heterocycles. The molecule has 0 atom stereocenters. The topological polar surface area (TPSA) is 28.5 Å². The zero-order valence-electron chi connectivity index (χ0n) is 16.9. The minimum atomic E-state index is 0.874. The SMILES string of the molecule is Cc1ccc(-c2csc(Cc3cc(C)c(/N=C/N4CCCC4)cc3C)n2)cc1. The van der Waals surface area contributed by atoms with Gasteiger partial charge < -0.3 is 4.90 Å². The summed E-state index contributed by atoms with van der Waals surface area (Å²) in [4.78, 5) is 11.9. The van der Waals surface area contributed by atoms with Gasteiger partial charge in [-0.1, -0.05) is 35.9 Å². The van der Waals surface area contributed by atoms with E-state index in [9.17, 15) is 0 Å². The van der Waals surface area contributed by atoms with Gasteiger partial charge in [0.05, 0.1) is 22.7 Å². The minimum absolute atomic E-state index is 0.874. The van der Waals surface area contributed by atoms with Crippen LogP contribution in [0.5, 0.6) is 0 Å². The number of hydrogen-bond acceptors (Lipinski definition) is 3. The predicted molar refractivity (Wildman–Crippen MR) is 120 cm³/mol. The molecule has 4 heteroatoms. The number of nitrogens with zero attached hydrogens (tertiary/aromatic N) is 3. The molecule has 3 aromatic rings. The summed E-state index contributed by atoms with van der Waals surface area (Å²) in [5.41, 5.74) is 8.46. The van der Waals surface area contributed by atoms with Crippen LogP contribution in [0.15, 0.2) is 46.8 Å². The van der Waals surface area contributed by atoms with Gasteiger partial charge in [-0.05, 0) is 56.4 Å². The number of benzene rings is 2. The number of aliphatic imine (C=N–C) groups is 1. The number of aryl methyl sites for hydroxylation is 3. The van der Waals surface area contributed by atoms with Crippen LogP contribution in [0.2, 0.25) is 0 Å². The molecule has 0 radical (unpaired) electrons. The van der Waals surface area contributed by atoms with E-state index in [1.807, 2.05) is 6.34 Å². The van der Waals surface area contributed by atoms with E-state index < -0.39 is 0 Å². The lowest BCUT2D eigenvalue weighted by Gasteiger charge is -2.11. The Labute approximate surface area is 171 Å². The van der Waals surface area contributed by atoms with Crippen LogP contribution < -0.4 is 0 Å². The third-order valence-electron chi connectivity index (χ3n) is 5.40. The van der Waals surface area contributed by atoms with Gasteiger partial charge in [-0.25, -0.2) is 9.98 Å². The van der Waals surface area contributed by atoms with E-state index >= 15 is 0 Å². The first-order valence-electron chi connectivity index (χ1n) is 9.98. The Bertz CT molecular complexity index is 980. The number of likely N-dealkylation sites (tertiary alicyclic amines) is 1. The quantitative estimate of drug-likeness (QED) is 0.391. The highest BCUT2D eigenvalue weighted by Gasteiger charge is 2.10. The van der Waals surface area contributed by atoms with Gasteiger partial charge in [0.15, 0.2) is 0 Å². The lowest BCUT2D eigenvalue weighted by Crippen LogP contribution is -2.16. The van der Waals surface area contributed by atoms with Crippen LogP contribution >= 0.6 is 11.3 Å². The largest absolute Gasteiger partial charge is 0.363 e. The van der Waals surface area contributed by atoms with Gasteiger partial charge in [0, 0.05) is 30.5 Å². The molecule has 1 aromatic heterocycles. The van der Waals surface area contributed by atoms with Gasteiger partial charge in [-0.3, -0.25) is 0 Å². The van der Waals surface area contributed by atoms with Crippen molar-refractivity contribution in [3.8, 4) is 11.3 Å². The molecule has 4 rings (SSSR count). The molecule has 2 heterocycles. The minimum Gasteiger partial charge on any atom is -0.363 e. The van der Waals surface area contributed by atoms with Crippen molar-refractivity contribution in [3.05, 3.63) is 69.0 Å². The van der Waals surface area contributed by atoms with Crippen LogP contribution in [-0.4, -0.2) is 29.3 Å². The second-order valence-electron chi connectivity index (χ2n) is 7.72. The van der Waals surface area contributed by atoms with E-state index in [1.165, 1.54) is 40.7 Å². The van der Waals surface area contributed by atoms with Gasteiger partial charge in [0.1, 0.15) is 0 Å². The summed E-state index contributed by atoms with van der Waals surface area (Å²) < 4.78 is 0. The number of thiazole rings is 1. The molecule has 28 heavy (non-hydrogen) atoms. The van der Waals surface area contributed by atoms with Gasteiger partial charge >= 0.3 is 0 Å². The van der Waals surface area contributed by atoms with Crippen LogP contribution in [-0.2, 0) is 6.42 Å². The van der Waals surface area contributed by atoms with Gasteiger partial charge in [-0.15, -0.1) is 11.3 Å². The Balaban J connectivity index is 1.50. The first-order chi connectivity index (χ1) is 13.6. The Morgan fingerprint density at radius 1 is 1.04 bits per heavy atom. The van der Waals surface area contributed by atoms with Crippen molar-refractivity contribution in [2.45, 2.75) is 40.0 Å². The molecule has 1 aliphatic heterocycles. The number of rotatable bonds is 5. The van der Waals surface area contributed by atoms with Crippen LogP contribution in [0, 0.1) is 20.8 Å². The second kappa shape index (κ2) is 8.27. The molecule has 3 nitrogen and oxygen atoms in total. The summed E-state index contributed by atoms with van der Waals surface area (Å²) in [5, 5.41) is 3.32. The Kier molecular flexibility index (Phi) is 5.58. The summed E-state index contributed by atoms with van der Waals surface area (Å²) in [7, 11) is 0. The molecule has 0 bridgehead atoms. The summed E-state index contributed by atoms with van der Waals surface area (Å²) in [6.07, 6.45) is 5.45. The van der Waals surface area contributed by atoms with Crippen molar-refractivity contribution in [2.24, 2.45) is 4.99 Å². The molecule has 1 fully saturated rings. The predicted octanol–water partition coefficient (Wildman–Crippen LogP) is 6.08. The van der Waals surface area contributed by atoms with E-state index in [-0.39, 0.29) is 0 Å². The monoisotopic (exact) mass is 389 g/mol. The van der Waals surface area contributed by atoms with E-state index in [2.05, 4.69) is 67.4 Å². The average molecular weight is 390 g/mol. The zero-order valence-corrected chi connectivity index (χ0v) is 17.7. The van der Waals surface area contributed by atoms with Crippen LogP contribution in [0.3, 0.4) is 0 Å². The molecule has 0 N–H and O–H groups in total. The van der Waals surface area contributed by atoms with Crippen LogP contribution in [0.1, 0.15) is 40.1 Å². The highest BCUT2D eigenvalue weighted by Crippen LogP contribution is 2.28. The summed E-state index contributed by atoms with van der Waals surface area (Å²) in [6, 6.07) is 13.1. The fourth-order valence-electron chi connectivity index (χ4n) is 3.60. The van der Waals surface area contributed by atoms with Crippen LogP contribution in [0.25, 0.3) is 11.3 Å². The Morgan fingerprint density at radius 2 is 1.79 bits per heavy atom. The smallest absolute Gasteiger partial charge is 0.0976 e. The third-order valence-corrected chi connectivity index (χ3v) is 6.24. The normalized spacial score (nSPS) is 14.3. The van der Waals surface area contributed by atoms with Crippen molar-refractivity contribution < 1.29 is 0 Å². The first kappa shape index (κ1) is 18.9. The summed E-state index contributed by atoms with van der Waals surface area (Å²) in [6.45, 7) is 8.71. The molecule has 0 unspecified atom stereocenters. The van der Waals surface area contributed by atoms with E-state index in [0.717, 1.165) is 35.9 Å². The Morgan fingerprint density at radius 3 is 2.54 bits per heavy atom. The first-order valence-corrected chi connectivity index (χ1v) is 10.9. The molecule has 1 aliphatic rings. The van der Waals surface area contributed by atoms with Crippen molar-refractivity contribution in [1.29, 1.82) is 0 Å².